The number of nitrogens with one attached hydrogen (secondary N) is 1. The van der Waals surface area contributed by atoms with Crippen molar-refractivity contribution in [1.82, 2.24) is 5.32 Å². The second-order valence-electron chi connectivity index (χ2n) is 26.0. The molecule has 2 unspecified atom stereocenters. The van der Waals surface area contributed by atoms with Crippen molar-refractivity contribution in [3.8, 4) is 0 Å². The van der Waals surface area contributed by atoms with E-state index in [1.807, 2.05) is 6.08 Å². The number of allylic oxidation sites excluding steroid dienone is 1. The first-order valence-electron chi connectivity index (χ1n) is 37.5. The first kappa shape index (κ1) is 79.6. The van der Waals surface area contributed by atoms with Crippen LogP contribution in [0.3, 0.4) is 0 Å². The first-order valence-corrected chi connectivity index (χ1v) is 37.5. The Morgan fingerprint density at radius 1 is 0.333 bits per heavy atom. The summed E-state index contributed by atoms with van der Waals surface area (Å²) in [5, 5.41) is 23.2. The van der Waals surface area contributed by atoms with Gasteiger partial charge in [-0.15, -0.1) is 0 Å². The SMILES string of the molecule is CCCCCCCCCCCCCCCCC/C=C/C(O)C(CO)NC(=O)CCCCCCCCCCCCCCCCCCCCCCCCCCCCCCCCCOC(=O)CCCCCCCCCCCCCCCCCC. The lowest BCUT2D eigenvalue weighted by molar-refractivity contribution is -0.143. The van der Waals surface area contributed by atoms with Gasteiger partial charge in [0.05, 0.1) is 25.4 Å². The monoisotopic (exact) mass is 1140 g/mol. The highest BCUT2D eigenvalue weighted by molar-refractivity contribution is 5.76. The number of rotatable bonds is 71. The highest BCUT2D eigenvalue weighted by Gasteiger charge is 2.18. The number of esters is 1. The molecule has 0 spiro atoms. The highest BCUT2D eigenvalue weighted by atomic mass is 16.5. The zero-order chi connectivity index (χ0) is 58.5. The van der Waals surface area contributed by atoms with E-state index < -0.39 is 12.1 Å². The normalized spacial score (nSPS) is 12.5. The lowest BCUT2D eigenvalue weighted by Gasteiger charge is -2.20. The van der Waals surface area contributed by atoms with Crippen molar-refractivity contribution in [2.24, 2.45) is 0 Å². The predicted octanol–water partition coefficient (Wildman–Crippen LogP) is 24.3. The Hall–Kier alpha value is -1.40. The Kier molecular flexibility index (Phi) is 69.9. The van der Waals surface area contributed by atoms with Gasteiger partial charge in [-0.1, -0.05) is 398 Å². The molecule has 3 N–H and O–H groups in total. The maximum atomic E-state index is 12.5. The number of ether oxygens (including phenoxy) is 1. The number of amides is 1. The third kappa shape index (κ3) is 67.6. The number of hydrogen-bond donors (Lipinski definition) is 3. The standard InChI is InChI=1S/C75H147NO5/c1-3-5-7-9-11-13-15-17-19-36-39-43-47-51-55-59-63-67-73(78)72(71-77)76-74(79)68-64-60-56-52-48-44-40-37-34-32-30-28-26-24-22-21-23-25-27-29-31-33-35-38-42-46-50-54-58-62-66-70-81-75(80)69-65-61-57-53-49-45-41-20-18-16-14-12-10-8-6-4-2/h63,67,72-73,77-78H,3-62,64-66,68-71H2,1-2H3,(H,76,79)/b67-63+. The summed E-state index contributed by atoms with van der Waals surface area (Å²) in [4.78, 5) is 24.6. The van der Waals surface area contributed by atoms with Crippen LogP contribution < -0.4 is 5.32 Å². The van der Waals surface area contributed by atoms with Gasteiger partial charge in [0.2, 0.25) is 5.91 Å². The van der Waals surface area contributed by atoms with Crippen molar-refractivity contribution in [1.29, 1.82) is 0 Å². The van der Waals surface area contributed by atoms with Gasteiger partial charge in [0.25, 0.3) is 0 Å². The smallest absolute Gasteiger partial charge is 0.305 e. The highest BCUT2D eigenvalue weighted by Crippen LogP contribution is 2.20. The van der Waals surface area contributed by atoms with Crippen molar-refractivity contribution in [3.63, 3.8) is 0 Å². The number of aliphatic hydroxyl groups excluding tert-OH is 2. The van der Waals surface area contributed by atoms with Gasteiger partial charge in [0, 0.05) is 12.8 Å². The Labute approximate surface area is 508 Å². The van der Waals surface area contributed by atoms with E-state index in [1.54, 1.807) is 6.08 Å². The molecule has 0 saturated heterocycles. The maximum absolute atomic E-state index is 12.5. The van der Waals surface area contributed by atoms with Gasteiger partial charge in [-0.2, -0.15) is 0 Å². The molecule has 0 bridgehead atoms. The quantitative estimate of drug-likeness (QED) is 0.0320. The van der Waals surface area contributed by atoms with Crippen molar-refractivity contribution >= 4 is 11.9 Å². The van der Waals surface area contributed by atoms with Crippen LogP contribution in [0.5, 0.6) is 0 Å². The zero-order valence-corrected chi connectivity index (χ0v) is 55.3. The second-order valence-corrected chi connectivity index (χ2v) is 26.0. The van der Waals surface area contributed by atoms with E-state index in [-0.39, 0.29) is 18.5 Å². The Morgan fingerprint density at radius 3 is 0.840 bits per heavy atom. The molecule has 0 fully saturated rings. The van der Waals surface area contributed by atoms with Gasteiger partial charge < -0.3 is 20.3 Å². The van der Waals surface area contributed by atoms with Crippen LogP contribution in [0.2, 0.25) is 0 Å². The minimum absolute atomic E-state index is 0.0249. The number of hydrogen-bond acceptors (Lipinski definition) is 5. The fourth-order valence-corrected chi connectivity index (χ4v) is 12.1. The summed E-state index contributed by atoms with van der Waals surface area (Å²) in [7, 11) is 0. The Morgan fingerprint density at radius 2 is 0.568 bits per heavy atom. The molecule has 1 amide bonds. The second kappa shape index (κ2) is 71.1. The number of carbonyl (C=O) groups is 2. The molecule has 482 valence electrons. The lowest BCUT2D eigenvalue weighted by atomic mass is 10.0. The Balaban J connectivity index is 3.33. The molecule has 0 aliphatic rings. The predicted molar refractivity (Wildman–Crippen MR) is 357 cm³/mol. The Bertz CT molecular complexity index is 1220. The minimum atomic E-state index is -0.841. The lowest BCUT2D eigenvalue weighted by Crippen LogP contribution is -2.45. The fraction of sp³-hybridized carbons (Fsp3) is 0.947. The molecule has 0 aromatic heterocycles. The molecule has 0 aromatic carbocycles. The van der Waals surface area contributed by atoms with Gasteiger partial charge in [0.1, 0.15) is 0 Å². The molecule has 6 heteroatoms. The number of aliphatic hydroxyl groups is 2. The minimum Gasteiger partial charge on any atom is -0.466 e. The molecule has 0 saturated carbocycles. The van der Waals surface area contributed by atoms with E-state index in [0.29, 0.717) is 19.4 Å². The van der Waals surface area contributed by atoms with E-state index in [1.165, 1.54) is 366 Å². The van der Waals surface area contributed by atoms with E-state index >= 15 is 0 Å². The average molecular weight is 1140 g/mol. The third-order valence-corrected chi connectivity index (χ3v) is 17.8. The summed E-state index contributed by atoms with van der Waals surface area (Å²) >= 11 is 0. The van der Waals surface area contributed by atoms with Crippen LogP contribution in [0.25, 0.3) is 0 Å². The third-order valence-electron chi connectivity index (χ3n) is 17.8. The molecule has 81 heavy (non-hydrogen) atoms. The van der Waals surface area contributed by atoms with Crippen molar-refractivity contribution < 1.29 is 24.5 Å². The van der Waals surface area contributed by atoms with Crippen LogP contribution in [0.4, 0.5) is 0 Å². The first-order chi connectivity index (χ1) is 40.0. The molecule has 0 aliphatic heterocycles. The largest absolute Gasteiger partial charge is 0.466 e. The van der Waals surface area contributed by atoms with Crippen LogP contribution in [0.15, 0.2) is 12.2 Å². The summed E-state index contributed by atoms with van der Waals surface area (Å²) < 4.78 is 5.51. The molecule has 0 heterocycles. The molecular formula is C75H147NO5. The summed E-state index contributed by atoms with van der Waals surface area (Å²) in [5.41, 5.74) is 0. The van der Waals surface area contributed by atoms with Crippen molar-refractivity contribution in [2.75, 3.05) is 13.2 Å². The molecule has 0 aromatic rings. The summed E-state index contributed by atoms with van der Waals surface area (Å²) in [6.45, 7) is 4.96. The van der Waals surface area contributed by atoms with Crippen LogP contribution in [-0.4, -0.2) is 47.4 Å². The molecule has 6 nitrogen and oxygen atoms in total. The number of carbonyl (C=O) groups excluding carboxylic acids is 2. The van der Waals surface area contributed by atoms with Crippen LogP contribution >= 0.6 is 0 Å². The molecule has 0 radical (unpaired) electrons. The van der Waals surface area contributed by atoms with Gasteiger partial charge in [-0.05, 0) is 32.1 Å². The average Bonchev–Trinajstić information content (AvgIpc) is 3.47. The van der Waals surface area contributed by atoms with Gasteiger partial charge in [-0.25, -0.2) is 0 Å². The molecule has 2 atom stereocenters. The van der Waals surface area contributed by atoms with Gasteiger partial charge in [-0.3, -0.25) is 9.59 Å². The fourth-order valence-electron chi connectivity index (χ4n) is 12.1. The van der Waals surface area contributed by atoms with Crippen LogP contribution in [0, 0.1) is 0 Å². The van der Waals surface area contributed by atoms with Crippen molar-refractivity contribution in [2.45, 2.75) is 443 Å². The summed E-state index contributed by atoms with van der Waals surface area (Å²) in [5.74, 6) is -0.0349. The summed E-state index contributed by atoms with van der Waals surface area (Å²) in [6.07, 6.45) is 88.9. The van der Waals surface area contributed by atoms with Gasteiger partial charge in [0.15, 0.2) is 0 Å². The summed E-state index contributed by atoms with van der Waals surface area (Å²) in [6, 6.07) is -0.624. The van der Waals surface area contributed by atoms with Crippen LogP contribution in [0.1, 0.15) is 431 Å². The van der Waals surface area contributed by atoms with E-state index in [4.69, 9.17) is 4.74 Å². The van der Waals surface area contributed by atoms with E-state index in [2.05, 4.69) is 19.2 Å². The molecular weight excluding hydrogens is 995 g/mol. The van der Waals surface area contributed by atoms with E-state index in [9.17, 15) is 19.8 Å². The maximum Gasteiger partial charge on any atom is 0.305 e. The van der Waals surface area contributed by atoms with E-state index in [0.717, 1.165) is 38.5 Å². The number of unbranched alkanes of at least 4 members (excludes halogenated alkanes) is 60. The van der Waals surface area contributed by atoms with Crippen LogP contribution in [-0.2, 0) is 14.3 Å². The molecule has 0 aliphatic carbocycles. The molecule has 0 rings (SSSR count). The topological polar surface area (TPSA) is 95.9 Å². The van der Waals surface area contributed by atoms with Crippen molar-refractivity contribution in [3.05, 3.63) is 12.2 Å². The van der Waals surface area contributed by atoms with Gasteiger partial charge >= 0.3 is 5.97 Å². The zero-order valence-electron chi connectivity index (χ0n) is 55.3.